The van der Waals surface area contributed by atoms with Gasteiger partial charge in [-0.1, -0.05) is 18.2 Å². The van der Waals surface area contributed by atoms with Gasteiger partial charge in [0.15, 0.2) is 0 Å². The highest BCUT2D eigenvalue weighted by Crippen LogP contribution is 2.48. The van der Waals surface area contributed by atoms with Gasteiger partial charge in [-0.05, 0) is 87.0 Å². The molecule has 4 fully saturated rings. The summed E-state index contributed by atoms with van der Waals surface area (Å²) in [5.74, 6) is 0.298. The molecule has 2 bridgehead atoms. The fourth-order valence-electron chi connectivity index (χ4n) is 5.73. The van der Waals surface area contributed by atoms with Crippen LogP contribution in [0.2, 0.25) is 0 Å². The van der Waals surface area contributed by atoms with Gasteiger partial charge in [0.2, 0.25) is 0 Å². The van der Waals surface area contributed by atoms with Crippen LogP contribution < -0.4 is 10.6 Å². The summed E-state index contributed by atoms with van der Waals surface area (Å²) in [6, 6.07) is 13.5. The Morgan fingerprint density at radius 1 is 1.15 bits per heavy atom. The standard InChI is InChI=1S/C27H29FN4O/c1-17-4-5-19(30-24-16-32-13-8-18(24)9-14-32)15-21(17)26(33)31-27(10-11-27)22-6-7-23(28)25-20(22)3-2-12-29-25/h2-7,12,15,18,24,30H,8-11,13-14,16H2,1H3,(H,31,33). The second-order valence-corrected chi connectivity index (χ2v) is 9.95. The summed E-state index contributed by atoms with van der Waals surface area (Å²) >= 11 is 0. The molecular weight excluding hydrogens is 415 g/mol. The number of nitrogens with zero attached hydrogens (tertiary/aromatic N) is 2. The van der Waals surface area contributed by atoms with Gasteiger partial charge < -0.3 is 15.5 Å². The Bertz CT molecular complexity index is 1230. The molecule has 1 atom stereocenters. The summed E-state index contributed by atoms with van der Waals surface area (Å²) in [5.41, 5.74) is 3.49. The van der Waals surface area contributed by atoms with E-state index >= 15 is 0 Å². The van der Waals surface area contributed by atoms with Crippen LogP contribution in [0.3, 0.4) is 0 Å². The predicted octanol–water partition coefficient (Wildman–Crippen LogP) is 4.61. The molecule has 6 heteroatoms. The molecule has 5 nitrogen and oxygen atoms in total. The van der Waals surface area contributed by atoms with Crippen LogP contribution in [0.15, 0.2) is 48.7 Å². The minimum absolute atomic E-state index is 0.0797. The van der Waals surface area contributed by atoms with E-state index in [1.165, 1.54) is 32.0 Å². The summed E-state index contributed by atoms with van der Waals surface area (Å²) in [4.78, 5) is 20.2. The lowest BCUT2D eigenvalue weighted by atomic mass is 9.84. The van der Waals surface area contributed by atoms with Crippen molar-refractivity contribution in [2.75, 3.05) is 25.0 Å². The lowest BCUT2D eigenvalue weighted by Gasteiger charge is -2.45. The zero-order chi connectivity index (χ0) is 22.6. The van der Waals surface area contributed by atoms with E-state index in [0.717, 1.165) is 41.6 Å². The number of pyridine rings is 1. The lowest BCUT2D eigenvalue weighted by Crippen LogP contribution is -2.53. The number of hydrogen-bond donors (Lipinski definition) is 2. The van der Waals surface area contributed by atoms with Gasteiger partial charge in [0.1, 0.15) is 11.3 Å². The number of hydrogen-bond acceptors (Lipinski definition) is 4. The van der Waals surface area contributed by atoms with Crippen LogP contribution >= 0.6 is 0 Å². The SMILES string of the molecule is Cc1ccc(NC2CN3CCC2CC3)cc1C(=O)NC1(c2ccc(F)c3ncccc23)CC1. The number of carbonyl (C=O) groups is 1. The molecule has 2 N–H and O–H groups in total. The van der Waals surface area contributed by atoms with Crippen molar-refractivity contribution in [2.45, 2.75) is 44.2 Å². The fraction of sp³-hybridized carbons (Fsp3) is 0.407. The van der Waals surface area contributed by atoms with E-state index in [4.69, 9.17) is 0 Å². The average Bonchev–Trinajstić information content (AvgIpc) is 3.61. The van der Waals surface area contributed by atoms with E-state index in [-0.39, 0.29) is 11.7 Å². The molecule has 1 amide bonds. The average molecular weight is 445 g/mol. The Morgan fingerprint density at radius 3 is 2.70 bits per heavy atom. The van der Waals surface area contributed by atoms with Crippen LogP contribution in [-0.4, -0.2) is 41.5 Å². The largest absolute Gasteiger partial charge is 0.381 e. The molecule has 4 heterocycles. The number of carbonyl (C=O) groups excluding carboxylic acids is 1. The second-order valence-electron chi connectivity index (χ2n) is 9.95. The molecule has 4 aliphatic rings. The Kier molecular flexibility index (Phi) is 4.87. The van der Waals surface area contributed by atoms with Gasteiger partial charge in [-0.2, -0.15) is 0 Å². The molecule has 170 valence electrons. The molecule has 2 aromatic carbocycles. The molecule has 0 spiro atoms. The molecule has 1 unspecified atom stereocenters. The molecule has 3 saturated heterocycles. The third-order valence-electron chi connectivity index (χ3n) is 7.83. The Balaban J connectivity index is 1.25. The van der Waals surface area contributed by atoms with E-state index < -0.39 is 5.54 Å². The van der Waals surface area contributed by atoms with Crippen LogP contribution in [0.4, 0.5) is 10.1 Å². The Hall–Kier alpha value is -2.99. The summed E-state index contributed by atoms with van der Waals surface area (Å²) in [6.07, 6.45) is 5.78. The van der Waals surface area contributed by atoms with Crippen LogP contribution in [0.25, 0.3) is 10.9 Å². The zero-order valence-corrected chi connectivity index (χ0v) is 18.9. The number of rotatable bonds is 5. The monoisotopic (exact) mass is 444 g/mol. The number of halogens is 1. The van der Waals surface area contributed by atoms with E-state index in [1.54, 1.807) is 12.3 Å². The number of nitrogens with one attached hydrogen (secondary N) is 2. The summed E-state index contributed by atoms with van der Waals surface area (Å²) < 4.78 is 14.3. The van der Waals surface area contributed by atoms with Crippen molar-refractivity contribution in [1.82, 2.24) is 15.2 Å². The normalized spacial score (nSPS) is 25.1. The molecule has 1 aromatic heterocycles. The van der Waals surface area contributed by atoms with Gasteiger partial charge >= 0.3 is 0 Å². The maximum absolute atomic E-state index is 14.3. The molecule has 7 rings (SSSR count). The molecular formula is C27H29FN4O. The minimum atomic E-state index is -0.461. The second kappa shape index (κ2) is 7.80. The minimum Gasteiger partial charge on any atom is -0.381 e. The number of aromatic nitrogens is 1. The van der Waals surface area contributed by atoms with Crippen molar-refractivity contribution in [3.05, 3.63) is 71.2 Å². The van der Waals surface area contributed by atoms with Gasteiger partial charge in [0, 0.05) is 35.4 Å². The van der Waals surface area contributed by atoms with E-state index in [9.17, 15) is 9.18 Å². The highest BCUT2D eigenvalue weighted by atomic mass is 19.1. The first-order valence-corrected chi connectivity index (χ1v) is 12.0. The Labute approximate surface area is 193 Å². The lowest BCUT2D eigenvalue weighted by molar-refractivity contribution is 0.0930. The Morgan fingerprint density at radius 2 is 1.97 bits per heavy atom. The van der Waals surface area contributed by atoms with E-state index in [0.29, 0.717) is 23.0 Å². The molecule has 33 heavy (non-hydrogen) atoms. The van der Waals surface area contributed by atoms with Crippen molar-refractivity contribution >= 4 is 22.5 Å². The van der Waals surface area contributed by atoms with Gasteiger partial charge in [0.05, 0.1) is 5.54 Å². The number of piperidine rings is 3. The number of anilines is 1. The van der Waals surface area contributed by atoms with Crippen molar-refractivity contribution in [3.8, 4) is 0 Å². The number of benzene rings is 2. The van der Waals surface area contributed by atoms with Crippen LogP contribution in [0.5, 0.6) is 0 Å². The quantitative estimate of drug-likeness (QED) is 0.604. The molecule has 1 aliphatic carbocycles. The molecule has 3 aliphatic heterocycles. The third kappa shape index (κ3) is 3.66. The van der Waals surface area contributed by atoms with Crippen molar-refractivity contribution in [1.29, 1.82) is 0 Å². The van der Waals surface area contributed by atoms with Gasteiger partial charge in [0.25, 0.3) is 5.91 Å². The predicted molar refractivity (Wildman–Crippen MR) is 128 cm³/mol. The van der Waals surface area contributed by atoms with Crippen molar-refractivity contribution < 1.29 is 9.18 Å². The highest BCUT2D eigenvalue weighted by molar-refractivity contribution is 5.98. The maximum Gasteiger partial charge on any atom is 0.252 e. The van der Waals surface area contributed by atoms with Crippen molar-refractivity contribution in [3.63, 3.8) is 0 Å². The first kappa shape index (κ1) is 20.6. The van der Waals surface area contributed by atoms with Gasteiger partial charge in [-0.25, -0.2) is 4.39 Å². The third-order valence-corrected chi connectivity index (χ3v) is 7.83. The van der Waals surface area contributed by atoms with Crippen LogP contribution in [-0.2, 0) is 5.54 Å². The van der Waals surface area contributed by atoms with Crippen LogP contribution in [0, 0.1) is 18.7 Å². The highest BCUT2D eigenvalue weighted by Gasteiger charge is 2.47. The van der Waals surface area contributed by atoms with E-state index in [2.05, 4.69) is 26.6 Å². The van der Waals surface area contributed by atoms with Gasteiger partial charge in [-0.3, -0.25) is 9.78 Å². The number of aryl methyl sites for hydroxylation is 1. The molecule has 3 aromatic rings. The van der Waals surface area contributed by atoms with Crippen LogP contribution in [0.1, 0.15) is 47.2 Å². The van der Waals surface area contributed by atoms with Crippen molar-refractivity contribution in [2.24, 2.45) is 5.92 Å². The summed E-state index contributed by atoms with van der Waals surface area (Å²) in [7, 11) is 0. The smallest absolute Gasteiger partial charge is 0.252 e. The zero-order valence-electron chi connectivity index (χ0n) is 18.9. The topological polar surface area (TPSA) is 57.3 Å². The summed E-state index contributed by atoms with van der Waals surface area (Å²) in [6.45, 7) is 5.47. The first-order chi connectivity index (χ1) is 16.0. The number of fused-ring (bicyclic) bond motifs is 4. The van der Waals surface area contributed by atoms with E-state index in [1.807, 2.05) is 31.2 Å². The summed E-state index contributed by atoms with van der Waals surface area (Å²) in [5, 5.41) is 7.76. The van der Waals surface area contributed by atoms with Gasteiger partial charge in [-0.15, -0.1) is 0 Å². The molecule has 1 saturated carbocycles. The molecule has 0 radical (unpaired) electrons. The fourth-order valence-corrected chi connectivity index (χ4v) is 5.73. The number of amides is 1. The maximum atomic E-state index is 14.3. The first-order valence-electron chi connectivity index (χ1n) is 12.0.